The van der Waals surface area contributed by atoms with Crippen molar-refractivity contribution in [3.63, 3.8) is 0 Å². The van der Waals surface area contributed by atoms with Gasteiger partial charge in [-0.25, -0.2) is 0 Å². The maximum atomic E-state index is 9.48. The summed E-state index contributed by atoms with van der Waals surface area (Å²) in [6, 6.07) is 9.38. The number of ether oxygens (including phenoxy) is 1. The average Bonchev–Trinajstić information content (AvgIpc) is 2.52. The van der Waals surface area contributed by atoms with E-state index in [4.69, 9.17) is 4.74 Å². The van der Waals surface area contributed by atoms with Gasteiger partial charge in [-0.15, -0.1) is 0 Å². The quantitative estimate of drug-likeness (QED) is 0.904. The van der Waals surface area contributed by atoms with Gasteiger partial charge < -0.3 is 15.0 Å². The molecule has 114 valence electrons. The zero-order valence-electron chi connectivity index (χ0n) is 13.2. The van der Waals surface area contributed by atoms with Gasteiger partial charge in [-0.3, -0.25) is 0 Å². The lowest BCUT2D eigenvalue weighted by Crippen LogP contribution is -2.45. The van der Waals surface area contributed by atoms with E-state index in [1.54, 1.807) is 0 Å². The van der Waals surface area contributed by atoms with Gasteiger partial charge in [-0.1, -0.05) is 26.8 Å². The monoisotopic (exact) mass is 287 g/mol. The molecule has 1 fully saturated rings. The van der Waals surface area contributed by atoms with Gasteiger partial charge in [0.1, 0.15) is 6.07 Å². The molecule has 4 heteroatoms. The molecule has 0 saturated carbocycles. The van der Waals surface area contributed by atoms with E-state index in [1.807, 2.05) is 6.07 Å². The highest BCUT2D eigenvalue weighted by atomic mass is 16.5. The lowest BCUT2D eigenvalue weighted by Gasteiger charge is -2.37. The molecule has 1 heterocycles. The van der Waals surface area contributed by atoms with Crippen molar-refractivity contribution in [3.05, 3.63) is 29.3 Å². The van der Waals surface area contributed by atoms with Crippen molar-refractivity contribution < 1.29 is 4.74 Å². The second-order valence-corrected chi connectivity index (χ2v) is 5.83. The minimum atomic E-state index is 0.366. The van der Waals surface area contributed by atoms with Crippen molar-refractivity contribution in [3.8, 4) is 6.07 Å². The Balaban J connectivity index is 2.21. The summed E-state index contributed by atoms with van der Waals surface area (Å²) in [4.78, 5) is 2.32. The smallest absolute Gasteiger partial charge is 0.101 e. The second-order valence-electron chi connectivity index (χ2n) is 5.83. The number of nitrogens with zero attached hydrogens (tertiary/aromatic N) is 2. The zero-order chi connectivity index (χ0) is 15.2. The van der Waals surface area contributed by atoms with E-state index in [0.29, 0.717) is 12.1 Å². The molecule has 1 aromatic rings. The van der Waals surface area contributed by atoms with Crippen LogP contribution in [0.4, 0.5) is 5.69 Å². The molecule has 1 atom stereocenters. The number of benzene rings is 1. The summed E-state index contributed by atoms with van der Waals surface area (Å²) in [5.74, 6) is 0. The highest BCUT2D eigenvalue weighted by Gasteiger charge is 2.23. The van der Waals surface area contributed by atoms with Crippen LogP contribution in [0.3, 0.4) is 0 Å². The van der Waals surface area contributed by atoms with Crippen LogP contribution in [0.5, 0.6) is 0 Å². The molecule has 0 aromatic heterocycles. The largest absolute Gasteiger partial charge is 0.377 e. The van der Waals surface area contributed by atoms with Gasteiger partial charge in [0, 0.05) is 19.1 Å². The number of nitrogens with one attached hydrogen (secondary N) is 1. The molecule has 21 heavy (non-hydrogen) atoms. The SMILES string of the molecule is CCC1COCCN1c1ccc(CNC(C)C)cc1C#N. The lowest BCUT2D eigenvalue weighted by molar-refractivity contribution is 0.0930. The molecule has 1 aromatic carbocycles. The van der Waals surface area contributed by atoms with Crippen LogP contribution in [0.15, 0.2) is 18.2 Å². The Hall–Kier alpha value is -1.57. The Morgan fingerprint density at radius 1 is 1.48 bits per heavy atom. The first-order valence-corrected chi connectivity index (χ1v) is 7.76. The standard InChI is InChI=1S/C17H25N3O/c1-4-16-12-21-8-7-20(16)17-6-5-14(9-15(17)10-18)11-19-13(2)3/h5-6,9,13,16,19H,4,7-8,11-12H2,1-3H3. The Bertz CT molecular complexity index is 507. The number of morpholine rings is 1. The predicted octanol–water partition coefficient (Wildman–Crippen LogP) is 2.67. The Morgan fingerprint density at radius 3 is 2.95 bits per heavy atom. The molecular weight excluding hydrogens is 262 g/mol. The predicted molar refractivity (Wildman–Crippen MR) is 85.4 cm³/mol. The van der Waals surface area contributed by atoms with E-state index in [9.17, 15) is 5.26 Å². The third-order valence-electron chi connectivity index (χ3n) is 3.90. The van der Waals surface area contributed by atoms with Crippen LogP contribution in [0.1, 0.15) is 38.3 Å². The third-order valence-corrected chi connectivity index (χ3v) is 3.90. The lowest BCUT2D eigenvalue weighted by atomic mass is 10.0. The Labute approximate surface area is 127 Å². The molecule has 4 nitrogen and oxygen atoms in total. The van der Waals surface area contributed by atoms with Crippen molar-refractivity contribution in [1.29, 1.82) is 5.26 Å². The summed E-state index contributed by atoms with van der Waals surface area (Å²) in [6.45, 7) is 9.55. The molecule has 1 aliphatic heterocycles. The summed E-state index contributed by atoms with van der Waals surface area (Å²) in [6.07, 6.45) is 1.03. The normalized spacial score (nSPS) is 18.8. The van der Waals surface area contributed by atoms with Crippen molar-refractivity contribution in [2.24, 2.45) is 0 Å². The topological polar surface area (TPSA) is 48.3 Å². The summed E-state index contributed by atoms with van der Waals surface area (Å²) < 4.78 is 5.55. The van der Waals surface area contributed by atoms with Gasteiger partial charge in [-0.2, -0.15) is 5.26 Å². The molecule has 0 spiro atoms. The number of rotatable bonds is 5. The van der Waals surface area contributed by atoms with E-state index < -0.39 is 0 Å². The number of hydrogen-bond donors (Lipinski definition) is 1. The molecular formula is C17H25N3O. The van der Waals surface area contributed by atoms with Crippen LogP contribution in [-0.2, 0) is 11.3 Å². The zero-order valence-corrected chi connectivity index (χ0v) is 13.2. The van der Waals surface area contributed by atoms with E-state index in [-0.39, 0.29) is 0 Å². The van der Waals surface area contributed by atoms with E-state index in [0.717, 1.165) is 49.5 Å². The first kappa shape index (κ1) is 15.8. The van der Waals surface area contributed by atoms with Crippen molar-refractivity contribution >= 4 is 5.69 Å². The first-order valence-electron chi connectivity index (χ1n) is 7.76. The van der Waals surface area contributed by atoms with Crippen molar-refractivity contribution in [2.45, 2.75) is 45.8 Å². The van der Waals surface area contributed by atoms with Crippen LogP contribution >= 0.6 is 0 Å². The number of anilines is 1. The molecule has 1 unspecified atom stereocenters. The van der Waals surface area contributed by atoms with Gasteiger partial charge >= 0.3 is 0 Å². The summed E-state index contributed by atoms with van der Waals surface area (Å²) in [5.41, 5.74) is 2.96. The van der Waals surface area contributed by atoms with E-state index in [2.05, 4.69) is 49.2 Å². The molecule has 0 amide bonds. The van der Waals surface area contributed by atoms with Gasteiger partial charge in [-0.05, 0) is 24.1 Å². The molecule has 0 bridgehead atoms. The van der Waals surface area contributed by atoms with Gasteiger partial charge in [0.05, 0.1) is 30.5 Å². The maximum absolute atomic E-state index is 9.48. The average molecular weight is 287 g/mol. The van der Waals surface area contributed by atoms with E-state index >= 15 is 0 Å². The molecule has 0 radical (unpaired) electrons. The molecule has 2 rings (SSSR count). The maximum Gasteiger partial charge on any atom is 0.101 e. The van der Waals surface area contributed by atoms with Gasteiger partial charge in [0.2, 0.25) is 0 Å². The van der Waals surface area contributed by atoms with Crippen LogP contribution in [0.25, 0.3) is 0 Å². The summed E-state index contributed by atoms with van der Waals surface area (Å²) in [5, 5.41) is 12.9. The number of nitriles is 1. The summed E-state index contributed by atoms with van der Waals surface area (Å²) in [7, 11) is 0. The van der Waals surface area contributed by atoms with Crippen LogP contribution in [-0.4, -0.2) is 31.8 Å². The Morgan fingerprint density at radius 2 is 2.29 bits per heavy atom. The van der Waals surface area contributed by atoms with Crippen LogP contribution in [0, 0.1) is 11.3 Å². The second kappa shape index (κ2) is 7.44. The summed E-state index contributed by atoms with van der Waals surface area (Å²) >= 11 is 0. The Kier molecular flexibility index (Phi) is 5.60. The fourth-order valence-electron chi connectivity index (χ4n) is 2.67. The van der Waals surface area contributed by atoms with Crippen molar-refractivity contribution in [2.75, 3.05) is 24.7 Å². The van der Waals surface area contributed by atoms with Gasteiger partial charge in [0.15, 0.2) is 0 Å². The van der Waals surface area contributed by atoms with Crippen LogP contribution < -0.4 is 10.2 Å². The minimum Gasteiger partial charge on any atom is -0.377 e. The molecule has 1 aliphatic rings. The van der Waals surface area contributed by atoms with Crippen molar-refractivity contribution in [1.82, 2.24) is 5.32 Å². The molecule has 1 N–H and O–H groups in total. The minimum absolute atomic E-state index is 0.366. The first-order chi connectivity index (χ1) is 10.2. The number of hydrogen-bond acceptors (Lipinski definition) is 4. The third kappa shape index (κ3) is 3.96. The molecule has 1 saturated heterocycles. The highest BCUT2D eigenvalue weighted by molar-refractivity contribution is 5.61. The fraction of sp³-hybridized carbons (Fsp3) is 0.588. The van der Waals surface area contributed by atoms with Gasteiger partial charge in [0.25, 0.3) is 0 Å². The molecule has 0 aliphatic carbocycles. The van der Waals surface area contributed by atoms with Crippen LogP contribution in [0.2, 0.25) is 0 Å². The fourth-order valence-corrected chi connectivity index (χ4v) is 2.67. The van der Waals surface area contributed by atoms with E-state index in [1.165, 1.54) is 0 Å². The highest BCUT2D eigenvalue weighted by Crippen LogP contribution is 2.26.